The zero-order valence-corrected chi connectivity index (χ0v) is 10.1. The number of hydrogen-bond donors (Lipinski definition) is 0. The molecule has 6 nitrogen and oxygen atoms in total. The van der Waals surface area contributed by atoms with Gasteiger partial charge >= 0.3 is 0 Å². The van der Waals surface area contributed by atoms with E-state index in [1.165, 1.54) is 36.5 Å². The fraction of sp³-hybridized carbons (Fsp3) is 0. The fourth-order valence-electron chi connectivity index (χ4n) is 2.05. The quantitative estimate of drug-likeness (QED) is 0.727. The van der Waals surface area contributed by atoms with Crippen molar-refractivity contribution in [3.8, 4) is 0 Å². The number of pyridine rings is 1. The maximum atomic E-state index is 12.2. The molecule has 2 aromatic rings. The molecule has 0 spiro atoms. The molecule has 0 saturated heterocycles. The van der Waals surface area contributed by atoms with Gasteiger partial charge in [0.25, 0.3) is 11.8 Å². The van der Waals surface area contributed by atoms with Gasteiger partial charge in [-0.2, -0.15) is 0 Å². The van der Waals surface area contributed by atoms with Crippen LogP contribution in [0.4, 0.5) is 5.69 Å². The number of nitrogens with zero attached hydrogens (tertiary/aromatic N) is 2. The van der Waals surface area contributed by atoms with Crippen LogP contribution in [0.3, 0.4) is 0 Å². The van der Waals surface area contributed by atoms with Crippen molar-refractivity contribution in [1.82, 2.24) is 4.98 Å². The van der Waals surface area contributed by atoms with Gasteiger partial charge in [-0.3, -0.25) is 14.6 Å². The molecular formula is C14H7N2O4-. The highest BCUT2D eigenvalue weighted by molar-refractivity contribution is 6.33. The average Bonchev–Trinajstić information content (AvgIpc) is 2.72. The van der Waals surface area contributed by atoms with Crippen molar-refractivity contribution < 1.29 is 19.5 Å². The molecule has 2 heterocycles. The lowest BCUT2D eigenvalue weighted by atomic mass is 10.2. The van der Waals surface area contributed by atoms with Crippen molar-refractivity contribution in [3.05, 3.63) is 59.4 Å². The number of rotatable bonds is 2. The van der Waals surface area contributed by atoms with Gasteiger partial charge in [0.15, 0.2) is 0 Å². The number of carbonyl (C=O) groups excluding carboxylic acids is 3. The van der Waals surface area contributed by atoms with Gasteiger partial charge in [0.1, 0.15) is 5.69 Å². The smallest absolute Gasteiger partial charge is 0.284 e. The molecule has 0 bridgehead atoms. The first kappa shape index (κ1) is 12.0. The third kappa shape index (κ3) is 1.66. The summed E-state index contributed by atoms with van der Waals surface area (Å²) in [4.78, 5) is 39.8. The molecule has 1 aromatic heterocycles. The van der Waals surface area contributed by atoms with Crippen molar-refractivity contribution in [2.75, 3.05) is 4.90 Å². The summed E-state index contributed by atoms with van der Waals surface area (Å²) < 4.78 is 0. The van der Waals surface area contributed by atoms with E-state index >= 15 is 0 Å². The van der Waals surface area contributed by atoms with Crippen LogP contribution in [0.15, 0.2) is 42.6 Å². The van der Waals surface area contributed by atoms with Gasteiger partial charge in [-0.05, 0) is 29.8 Å². The average molecular weight is 267 g/mol. The summed E-state index contributed by atoms with van der Waals surface area (Å²) in [5.74, 6) is -2.31. The summed E-state index contributed by atoms with van der Waals surface area (Å²) >= 11 is 0. The summed E-state index contributed by atoms with van der Waals surface area (Å²) in [7, 11) is 0. The molecule has 98 valence electrons. The van der Waals surface area contributed by atoms with Gasteiger partial charge in [0.05, 0.1) is 17.2 Å². The summed E-state index contributed by atoms with van der Waals surface area (Å²) in [6.45, 7) is 0. The number of carboxylic acids is 1. The second kappa shape index (κ2) is 4.27. The first-order valence-corrected chi connectivity index (χ1v) is 5.75. The van der Waals surface area contributed by atoms with E-state index in [2.05, 4.69) is 4.98 Å². The summed E-state index contributed by atoms with van der Waals surface area (Å²) in [6, 6.07) is 8.42. The predicted octanol–water partition coefficient (Wildman–Crippen LogP) is 0.246. The lowest BCUT2D eigenvalue weighted by molar-refractivity contribution is -0.255. The van der Waals surface area contributed by atoms with Crippen LogP contribution in [-0.2, 0) is 0 Å². The zero-order chi connectivity index (χ0) is 14.3. The van der Waals surface area contributed by atoms with Gasteiger partial charge in [-0.15, -0.1) is 0 Å². The second-order valence-electron chi connectivity index (χ2n) is 4.18. The number of anilines is 1. The summed E-state index contributed by atoms with van der Waals surface area (Å²) in [6.07, 6.45) is 1.44. The SMILES string of the molecule is O=C([O-])c1ccc(N2C(=O)c3cccnc3C2=O)cc1. The number of benzene rings is 1. The topological polar surface area (TPSA) is 90.4 Å². The first-order valence-electron chi connectivity index (χ1n) is 5.75. The molecule has 0 saturated carbocycles. The molecule has 0 aliphatic carbocycles. The summed E-state index contributed by atoms with van der Waals surface area (Å²) in [5, 5.41) is 10.7. The molecule has 0 N–H and O–H groups in total. The molecule has 2 amide bonds. The van der Waals surface area contributed by atoms with Gasteiger partial charge in [-0.25, -0.2) is 4.90 Å². The Kier molecular flexibility index (Phi) is 2.57. The van der Waals surface area contributed by atoms with Crippen LogP contribution in [0.1, 0.15) is 31.2 Å². The molecular weight excluding hydrogens is 260 g/mol. The molecule has 6 heteroatoms. The molecule has 20 heavy (non-hydrogen) atoms. The minimum Gasteiger partial charge on any atom is -0.545 e. The molecule has 1 aromatic carbocycles. The predicted molar refractivity (Wildman–Crippen MR) is 66.1 cm³/mol. The molecule has 0 unspecified atom stereocenters. The number of aromatic carboxylic acids is 1. The highest BCUT2D eigenvalue weighted by Gasteiger charge is 2.37. The molecule has 0 atom stereocenters. The minimum atomic E-state index is -1.32. The number of amides is 2. The van der Waals surface area contributed by atoms with Crippen LogP contribution >= 0.6 is 0 Å². The van der Waals surface area contributed by atoms with Gasteiger partial charge in [0.2, 0.25) is 0 Å². The Morgan fingerprint density at radius 1 is 1.05 bits per heavy atom. The van der Waals surface area contributed by atoms with E-state index in [0.29, 0.717) is 5.69 Å². The third-order valence-corrected chi connectivity index (χ3v) is 3.01. The highest BCUT2D eigenvalue weighted by Crippen LogP contribution is 2.26. The van der Waals surface area contributed by atoms with E-state index in [1.54, 1.807) is 6.07 Å². The molecule has 1 aliphatic rings. The number of aromatic nitrogens is 1. The fourth-order valence-corrected chi connectivity index (χ4v) is 2.05. The maximum absolute atomic E-state index is 12.2. The molecule has 0 radical (unpaired) electrons. The van der Waals surface area contributed by atoms with Crippen molar-refractivity contribution in [3.63, 3.8) is 0 Å². The lowest BCUT2D eigenvalue weighted by Crippen LogP contribution is -2.29. The first-order chi connectivity index (χ1) is 9.59. The van der Waals surface area contributed by atoms with E-state index in [0.717, 1.165) is 4.90 Å². The van der Waals surface area contributed by atoms with E-state index in [1.807, 2.05) is 0 Å². The Morgan fingerprint density at radius 3 is 2.35 bits per heavy atom. The third-order valence-electron chi connectivity index (χ3n) is 3.01. The zero-order valence-electron chi connectivity index (χ0n) is 10.1. The van der Waals surface area contributed by atoms with E-state index < -0.39 is 17.8 Å². The Bertz CT molecular complexity index is 702. The molecule has 1 aliphatic heterocycles. The van der Waals surface area contributed by atoms with Gasteiger partial charge in [0, 0.05) is 6.20 Å². The Balaban J connectivity index is 2.02. The maximum Gasteiger partial charge on any atom is 0.284 e. The number of hydrogen-bond acceptors (Lipinski definition) is 5. The largest absolute Gasteiger partial charge is 0.545 e. The molecule has 0 fully saturated rings. The van der Waals surface area contributed by atoms with E-state index in [-0.39, 0.29) is 16.8 Å². The van der Waals surface area contributed by atoms with Crippen LogP contribution in [0, 0.1) is 0 Å². The van der Waals surface area contributed by atoms with Gasteiger partial charge < -0.3 is 9.90 Å². The van der Waals surface area contributed by atoms with Crippen LogP contribution in [-0.4, -0.2) is 22.8 Å². The van der Waals surface area contributed by atoms with Crippen molar-refractivity contribution >= 4 is 23.5 Å². The molecule has 3 rings (SSSR count). The van der Waals surface area contributed by atoms with Gasteiger partial charge in [-0.1, -0.05) is 12.1 Å². The van der Waals surface area contributed by atoms with Crippen LogP contribution in [0.5, 0.6) is 0 Å². The Morgan fingerprint density at radius 2 is 1.75 bits per heavy atom. The van der Waals surface area contributed by atoms with E-state index in [4.69, 9.17) is 0 Å². The Labute approximate surface area is 113 Å². The monoisotopic (exact) mass is 267 g/mol. The van der Waals surface area contributed by atoms with Crippen molar-refractivity contribution in [1.29, 1.82) is 0 Å². The normalized spacial score (nSPS) is 13.5. The second-order valence-corrected chi connectivity index (χ2v) is 4.18. The number of fused-ring (bicyclic) bond motifs is 1. The minimum absolute atomic E-state index is 0.0246. The Hall–Kier alpha value is -3.02. The lowest BCUT2D eigenvalue weighted by Gasteiger charge is -2.14. The van der Waals surface area contributed by atoms with E-state index in [9.17, 15) is 19.5 Å². The van der Waals surface area contributed by atoms with Crippen molar-refractivity contribution in [2.45, 2.75) is 0 Å². The standard InChI is InChI=1S/C14H8N2O4/c17-12-10-2-1-7-15-11(10)13(18)16(12)9-5-3-8(4-6-9)14(19)20/h1-7H,(H,19,20)/p-1. The highest BCUT2D eigenvalue weighted by atomic mass is 16.4. The van der Waals surface area contributed by atoms with Crippen LogP contribution in [0.25, 0.3) is 0 Å². The number of carboxylic acid groups (broad SMARTS) is 1. The number of imide groups is 1. The van der Waals surface area contributed by atoms with Crippen LogP contribution < -0.4 is 10.0 Å². The number of carbonyl (C=O) groups is 3. The van der Waals surface area contributed by atoms with Crippen LogP contribution in [0.2, 0.25) is 0 Å². The summed E-state index contributed by atoms with van der Waals surface area (Å²) in [5.41, 5.74) is 0.606. The van der Waals surface area contributed by atoms with Crippen molar-refractivity contribution in [2.24, 2.45) is 0 Å².